The van der Waals surface area contributed by atoms with Crippen molar-refractivity contribution in [3.8, 4) is 17.3 Å². The van der Waals surface area contributed by atoms with Crippen molar-refractivity contribution >= 4 is 44.7 Å². The van der Waals surface area contributed by atoms with Crippen molar-refractivity contribution in [3.63, 3.8) is 0 Å². The highest BCUT2D eigenvalue weighted by atomic mass is 32.2. The van der Waals surface area contributed by atoms with Gasteiger partial charge in [0.15, 0.2) is 5.82 Å². The van der Waals surface area contributed by atoms with E-state index in [1.807, 2.05) is 13.0 Å². The van der Waals surface area contributed by atoms with Gasteiger partial charge >= 0.3 is 12.3 Å². The first kappa shape index (κ1) is 45.6. The van der Waals surface area contributed by atoms with Crippen LogP contribution in [0.15, 0.2) is 54.9 Å². The standard InChI is InChI=1S/C43H54F3N7O9S/c1-7-26-19-25(2)11-8-9-12-27-23-42(27,38(56)51-63(58,59)41(5)15-16-41)50-36(54)32-21-29(24-52(32)37(55)35(26)49-39(57)62-40(3,4)43(44,45)46)61-33-22-34(53-18-10-17-47-53)48-31-20-28(60-6)13-14-30(31)33/h9-10,12-14,17-18,20,22,25-27,29,32,35H,7-8,11,15-16,19,21,23-24H2,1-6H3,(H,49,57)(H,50,54)(H,51,56)/b12-9-/t25-,26-,27-,29-,32+,35+,42-/m1/s1. The molecule has 7 rings (SSSR count). The molecule has 3 aromatic rings. The maximum atomic E-state index is 15.1. The van der Waals surface area contributed by atoms with Gasteiger partial charge in [0.1, 0.15) is 35.2 Å². The number of alkyl carbamates (subject to hydrolysis) is 1. The molecule has 0 bridgehead atoms. The Balaban J connectivity index is 1.27. The smallest absolute Gasteiger partial charge is 0.427 e. The number of rotatable bonds is 10. The zero-order chi connectivity index (χ0) is 45.7. The molecule has 3 N–H and O–H groups in total. The highest BCUT2D eigenvalue weighted by Gasteiger charge is 2.63. The number of nitrogens with one attached hydrogen (secondary N) is 3. The monoisotopic (exact) mass is 901 g/mol. The van der Waals surface area contributed by atoms with Crippen molar-refractivity contribution in [1.82, 2.24) is 35.0 Å². The van der Waals surface area contributed by atoms with Gasteiger partial charge < -0.3 is 29.7 Å². The number of methoxy groups -OCH3 is 1. The molecule has 4 heterocycles. The molecule has 7 atom stereocenters. The Kier molecular flexibility index (Phi) is 12.3. The van der Waals surface area contributed by atoms with Crippen LogP contribution >= 0.6 is 0 Å². The predicted molar refractivity (Wildman–Crippen MR) is 223 cm³/mol. The van der Waals surface area contributed by atoms with Crippen molar-refractivity contribution in [2.24, 2.45) is 17.8 Å². The molecule has 0 unspecified atom stereocenters. The maximum Gasteiger partial charge on any atom is 0.427 e. The number of fused-ring (bicyclic) bond motifs is 3. The summed E-state index contributed by atoms with van der Waals surface area (Å²) in [5, 5.41) is 10.1. The van der Waals surface area contributed by atoms with Gasteiger partial charge in [0.05, 0.1) is 23.9 Å². The van der Waals surface area contributed by atoms with E-state index in [9.17, 15) is 36.0 Å². The van der Waals surface area contributed by atoms with Crippen molar-refractivity contribution in [2.75, 3.05) is 13.7 Å². The Morgan fingerprint density at radius 2 is 1.86 bits per heavy atom. The third-order valence-corrected chi connectivity index (χ3v) is 15.1. The summed E-state index contributed by atoms with van der Waals surface area (Å²) in [6.07, 6.45) is 2.19. The molecule has 3 fully saturated rings. The number of carbonyl (C=O) groups is 4. The molecule has 4 aliphatic rings. The minimum absolute atomic E-state index is 0.0473. The summed E-state index contributed by atoms with van der Waals surface area (Å²) in [4.78, 5) is 63.2. The molecule has 1 saturated heterocycles. The average Bonchev–Trinajstić information content (AvgIpc) is 3.97. The fourth-order valence-electron chi connectivity index (χ4n) is 8.35. The molecule has 2 aliphatic heterocycles. The molecule has 63 heavy (non-hydrogen) atoms. The Morgan fingerprint density at radius 1 is 1.11 bits per heavy atom. The zero-order valence-electron chi connectivity index (χ0n) is 36.0. The van der Waals surface area contributed by atoms with Gasteiger partial charge in [-0.25, -0.2) is 22.9 Å². The first-order chi connectivity index (χ1) is 29.6. The first-order valence-electron chi connectivity index (χ1n) is 21.2. The van der Waals surface area contributed by atoms with Crippen LogP contribution in [0, 0.1) is 17.8 Å². The van der Waals surface area contributed by atoms with Crippen LogP contribution in [0.1, 0.15) is 86.0 Å². The van der Waals surface area contributed by atoms with Gasteiger partial charge in [-0.2, -0.15) is 18.3 Å². The largest absolute Gasteiger partial charge is 0.497 e. The van der Waals surface area contributed by atoms with E-state index in [0.717, 1.165) is 0 Å². The average molecular weight is 902 g/mol. The van der Waals surface area contributed by atoms with Gasteiger partial charge in [0, 0.05) is 42.3 Å². The number of hydrogen-bond donors (Lipinski definition) is 3. The van der Waals surface area contributed by atoms with E-state index < -0.39 is 85.9 Å². The molecule has 20 heteroatoms. The molecule has 2 aromatic heterocycles. The predicted octanol–water partition coefficient (Wildman–Crippen LogP) is 5.49. The van der Waals surface area contributed by atoms with Gasteiger partial charge in [0.25, 0.3) is 5.91 Å². The molecule has 0 radical (unpaired) electrons. The Labute approximate surface area is 363 Å². The SMILES string of the molecule is CC[C@@H]1C[C@H](C)CC/C=C\[C@@H]2C[C@@]2(C(=O)NS(=O)(=O)C2(C)CC2)NC(=O)[C@@H]2C[C@@H](Oc3cc(-n4cccn4)nc4cc(OC)ccc34)CN2C(=O)[C@H]1NC(=O)OC(C)(C)C(F)(F)F. The van der Waals surface area contributed by atoms with Gasteiger partial charge in [-0.3, -0.25) is 19.1 Å². The molecule has 0 spiro atoms. The van der Waals surface area contributed by atoms with E-state index in [2.05, 4.69) is 20.5 Å². The number of hydrogen-bond acceptors (Lipinski definition) is 11. The number of amides is 4. The summed E-state index contributed by atoms with van der Waals surface area (Å²) in [7, 11) is -2.59. The number of aromatic nitrogens is 3. The number of nitrogens with zero attached hydrogens (tertiary/aromatic N) is 4. The summed E-state index contributed by atoms with van der Waals surface area (Å²) in [6, 6.07) is 5.75. The maximum absolute atomic E-state index is 15.1. The number of sulfonamides is 1. The van der Waals surface area contributed by atoms with E-state index in [1.165, 1.54) is 23.6 Å². The van der Waals surface area contributed by atoms with Crippen molar-refractivity contribution < 1.29 is 55.0 Å². The lowest BCUT2D eigenvalue weighted by Gasteiger charge is -2.35. The zero-order valence-corrected chi connectivity index (χ0v) is 36.8. The quantitative estimate of drug-likeness (QED) is 0.218. The fraction of sp³-hybridized carbons (Fsp3) is 0.581. The summed E-state index contributed by atoms with van der Waals surface area (Å²) < 4.78 is 87.8. The number of allylic oxidation sites excluding steroid dienone is 1. The highest BCUT2D eigenvalue weighted by molar-refractivity contribution is 7.91. The lowest BCUT2D eigenvalue weighted by Crippen LogP contribution is -2.60. The van der Waals surface area contributed by atoms with Crippen LogP contribution in [0.25, 0.3) is 16.7 Å². The second-order valence-corrected chi connectivity index (χ2v) is 20.2. The summed E-state index contributed by atoms with van der Waals surface area (Å²) >= 11 is 0. The summed E-state index contributed by atoms with van der Waals surface area (Å²) in [6.45, 7) is 6.47. The van der Waals surface area contributed by atoms with Crippen LogP contribution in [0.4, 0.5) is 18.0 Å². The third-order valence-electron chi connectivity index (χ3n) is 12.9. The molecule has 16 nitrogen and oxygen atoms in total. The van der Waals surface area contributed by atoms with Gasteiger partial charge in [0.2, 0.25) is 27.4 Å². The Morgan fingerprint density at radius 3 is 2.51 bits per heavy atom. The molecule has 2 aliphatic carbocycles. The second-order valence-electron chi connectivity index (χ2n) is 18.0. The minimum Gasteiger partial charge on any atom is -0.497 e. The Hall–Kier alpha value is -5.40. The molecule has 4 amide bonds. The molecule has 2 saturated carbocycles. The van der Waals surface area contributed by atoms with Gasteiger partial charge in [-0.15, -0.1) is 0 Å². The minimum atomic E-state index is -4.93. The van der Waals surface area contributed by atoms with Crippen molar-refractivity contribution in [3.05, 3.63) is 54.9 Å². The molecule has 1 aromatic carbocycles. The van der Waals surface area contributed by atoms with E-state index in [-0.39, 0.29) is 25.3 Å². The van der Waals surface area contributed by atoms with Crippen LogP contribution in [0.5, 0.6) is 11.5 Å². The van der Waals surface area contributed by atoms with Crippen LogP contribution in [-0.2, 0) is 29.1 Å². The van der Waals surface area contributed by atoms with Crippen molar-refractivity contribution in [1.29, 1.82) is 0 Å². The van der Waals surface area contributed by atoms with E-state index in [1.54, 1.807) is 55.7 Å². The van der Waals surface area contributed by atoms with Crippen LogP contribution in [0.3, 0.4) is 0 Å². The second kappa shape index (κ2) is 17.0. The van der Waals surface area contributed by atoms with Crippen LogP contribution in [0.2, 0.25) is 0 Å². The van der Waals surface area contributed by atoms with Crippen LogP contribution in [-0.4, -0.2) is 106 Å². The number of halogens is 3. The number of pyridine rings is 1. The molecular formula is C43H54F3N7O9S. The summed E-state index contributed by atoms with van der Waals surface area (Å²) in [5.74, 6) is -2.44. The number of alkyl halides is 3. The van der Waals surface area contributed by atoms with Gasteiger partial charge in [-0.05, 0) is 89.3 Å². The fourth-order valence-corrected chi connectivity index (χ4v) is 9.66. The van der Waals surface area contributed by atoms with Gasteiger partial charge in [-0.1, -0.05) is 32.4 Å². The number of ether oxygens (including phenoxy) is 3. The Bertz CT molecular complexity index is 2390. The molecular weight excluding hydrogens is 848 g/mol. The lowest BCUT2D eigenvalue weighted by molar-refractivity contribution is -0.244. The van der Waals surface area contributed by atoms with Crippen LogP contribution < -0.4 is 24.8 Å². The lowest BCUT2D eigenvalue weighted by atomic mass is 9.85. The molecule has 342 valence electrons. The number of benzene rings is 1. The third kappa shape index (κ3) is 9.31. The van der Waals surface area contributed by atoms with E-state index >= 15 is 4.79 Å². The van der Waals surface area contributed by atoms with Crippen molar-refractivity contribution in [2.45, 2.75) is 126 Å². The summed E-state index contributed by atoms with van der Waals surface area (Å²) in [5.41, 5.74) is -4.08. The normalized spacial score (nSPS) is 28.0. The topological polar surface area (TPSA) is 200 Å². The first-order valence-corrected chi connectivity index (χ1v) is 22.7. The van der Waals surface area contributed by atoms with E-state index in [0.29, 0.717) is 80.6 Å². The number of carbonyl (C=O) groups excluding carboxylic acids is 4. The highest BCUT2D eigenvalue weighted by Crippen LogP contribution is 2.48. The van der Waals surface area contributed by atoms with E-state index in [4.69, 9.17) is 19.2 Å².